The molecule has 2 aromatic carbocycles. The van der Waals surface area contributed by atoms with E-state index in [1.165, 1.54) is 19.3 Å². The largest absolute Gasteiger partial charge is 0.453 e. The summed E-state index contributed by atoms with van der Waals surface area (Å²) >= 11 is 0. The lowest BCUT2D eigenvalue weighted by atomic mass is 9.90. The average Bonchev–Trinajstić information content (AvgIpc) is 3.19. The van der Waals surface area contributed by atoms with Crippen molar-refractivity contribution in [2.45, 2.75) is 83.3 Å². The van der Waals surface area contributed by atoms with Gasteiger partial charge in [-0.1, -0.05) is 111 Å². The molecule has 3 rings (SSSR count). The molecule has 1 N–H and O–H groups in total. The molecule has 0 spiro atoms. The normalized spacial score (nSPS) is 19.9. The zero-order chi connectivity index (χ0) is 26.3. The maximum atomic E-state index is 12.6. The third-order valence-electron chi connectivity index (χ3n) is 7.09. The maximum Gasteiger partial charge on any atom is 0.306 e. The van der Waals surface area contributed by atoms with Crippen LogP contribution >= 0.6 is 0 Å². The molecule has 0 amide bonds. The van der Waals surface area contributed by atoms with Crippen molar-refractivity contribution in [2.75, 3.05) is 0 Å². The standard InChI is InChI=1S/C33H42O4/c1-2-3-4-5-6-15-22-28-29(31(35)25-30(28)34)23-16-7-8-17-24-32(36)37-33(26-18-11-9-12-19-26)27-20-13-10-14-21-27/h7,9-16,18-22,28-29,31,33,35H,2-6,8,17,23-25H2,1H3/b16-7-,22-15+/t28-,29-,31+/m1/s1. The van der Waals surface area contributed by atoms with Gasteiger partial charge < -0.3 is 9.84 Å². The highest BCUT2D eigenvalue weighted by atomic mass is 16.5. The number of carbonyl (C=O) groups excluding carboxylic acids is 2. The van der Waals surface area contributed by atoms with Crippen LogP contribution < -0.4 is 0 Å². The number of esters is 1. The summed E-state index contributed by atoms with van der Waals surface area (Å²) in [6.45, 7) is 2.20. The van der Waals surface area contributed by atoms with E-state index in [9.17, 15) is 14.7 Å². The molecule has 0 radical (unpaired) electrons. The number of ether oxygens (including phenoxy) is 1. The van der Waals surface area contributed by atoms with E-state index in [1.54, 1.807) is 0 Å². The first-order chi connectivity index (χ1) is 18.1. The molecule has 0 bridgehead atoms. The van der Waals surface area contributed by atoms with E-state index in [0.717, 1.165) is 30.4 Å². The first kappa shape index (κ1) is 28.6. The number of unbranched alkanes of at least 4 members (excludes halogenated alkanes) is 5. The van der Waals surface area contributed by atoms with Gasteiger partial charge in [0.15, 0.2) is 6.10 Å². The number of hydrogen-bond donors (Lipinski definition) is 1. The number of benzene rings is 2. The van der Waals surface area contributed by atoms with Gasteiger partial charge in [0.25, 0.3) is 0 Å². The van der Waals surface area contributed by atoms with Gasteiger partial charge in [-0.15, -0.1) is 0 Å². The molecule has 1 aliphatic rings. The van der Waals surface area contributed by atoms with Gasteiger partial charge in [0.05, 0.1) is 6.10 Å². The Kier molecular flexibility index (Phi) is 12.4. The number of allylic oxidation sites excluding steroid dienone is 4. The summed E-state index contributed by atoms with van der Waals surface area (Å²) in [5.74, 6) is -0.316. The van der Waals surface area contributed by atoms with Crippen molar-refractivity contribution < 1.29 is 19.4 Å². The fourth-order valence-electron chi connectivity index (χ4n) is 4.97. The van der Waals surface area contributed by atoms with Crippen LogP contribution in [0.4, 0.5) is 0 Å². The monoisotopic (exact) mass is 502 g/mol. The Morgan fingerprint density at radius 2 is 1.57 bits per heavy atom. The van der Waals surface area contributed by atoms with E-state index in [4.69, 9.17) is 4.74 Å². The van der Waals surface area contributed by atoms with Gasteiger partial charge in [-0.05, 0) is 43.2 Å². The van der Waals surface area contributed by atoms with Crippen LogP contribution in [-0.4, -0.2) is 23.0 Å². The molecule has 4 nitrogen and oxygen atoms in total. The molecule has 1 saturated carbocycles. The molecular formula is C33H42O4. The molecule has 0 aromatic heterocycles. The second-order valence-electron chi connectivity index (χ2n) is 10.00. The van der Waals surface area contributed by atoms with Crippen LogP contribution in [-0.2, 0) is 14.3 Å². The molecule has 3 atom stereocenters. The van der Waals surface area contributed by atoms with E-state index < -0.39 is 12.2 Å². The van der Waals surface area contributed by atoms with Gasteiger partial charge in [-0.25, -0.2) is 0 Å². The van der Waals surface area contributed by atoms with Crippen molar-refractivity contribution in [3.8, 4) is 0 Å². The van der Waals surface area contributed by atoms with Crippen molar-refractivity contribution in [1.82, 2.24) is 0 Å². The molecule has 0 aliphatic heterocycles. The minimum atomic E-state index is -0.574. The lowest BCUT2D eigenvalue weighted by molar-refractivity contribution is -0.147. The highest BCUT2D eigenvalue weighted by Gasteiger charge is 2.38. The summed E-state index contributed by atoms with van der Waals surface area (Å²) in [7, 11) is 0. The third kappa shape index (κ3) is 9.44. The molecular weight excluding hydrogens is 460 g/mol. The number of Topliss-reactive ketones (excluding diaryl/α,β-unsaturated/α-hetero) is 1. The van der Waals surface area contributed by atoms with E-state index >= 15 is 0 Å². The molecule has 0 unspecified atom stereocenters. The Hall–Kier alpha value is -2.98. The van der Waals surface area contributed by atoms with Gasteiger partial charge in [0.1, 0.15) is 5.78 Å². The van der Waals surface area contributed by atoms with Gasteiger partial charge >= 0.3 is 5.97 Å². The Morgan fingerprint density at radius 3 is 2.22 bits per heavy atom. The van der Waals surface area contributed by atoms with Crippen LogP contribution in [0.2, 0.25) is 0 Å². The summed E-state index contributed by atoms with van der Waals surface area (Å²) in [4.78, 5) is 25.0. The predicted molar refractivity (Wildman–Crippen MR) is 149 cm³/mol. The fraction of sp³-hybridized carbons (Fsp3) is 0.455. The highest BCUT2D eigenvalue weighted by molar-refractivity contribution is 5.86. The van der Waals surface area contributed by atoms with E-state index in [2.05, 4.69) is 25.2 Å². The Labute approximate surface area is 222 Å². The molecule has 0 saturated heterocycles. The second kappa shape index (κ2) is 16.0. The number of ketones is 1. The number of aliphatic hydroxyl groups is 1. The maximum absolute atomic E-state index is 12.6. The van der Waals surface area contributed by atoms with Crippen molar-refractivity contribution in [2.24, 2.45) is 11.8 Å². The zero-order valence-corrected chi connectivity index (χ0v) is 22.1. The molecule has 198 valence electrons. The third-order valence-corrected chi connectivity index (χ3v) is 7.09. The molecule has 1 fully saturated rings. The molecule has 0 heterocycles. The minimum absolute atomic E-state index is 0.0573. The smallest absolute Gasteiger partial charge is 0.306 e. The Balaban J connectivity index is 1.43. The van der Waals surface area contributed by atoms with E-state index in [0.29, 0.717) is 19.3 Å². The van der Waals surface area contributed by atoms with E-state index in [1.807, 2.05) is 66.7 Å². The predicted octanol–water partition coefficient (Wildman–Crippen LogP) is 7.53. The van der Waals surface area contributed by atoms with Crippen molar-refractivity contribution in [1.29, 1.82) is 0 Å². The minimum Gasteiger partial charge on any atom is -0.453 e. The quantitative estimate of drug-likeness (QED) is 0.155. The number of hydrogen-bond acceptors (Lipinski definition) is 4. The van der Waals surface area contributed by atoms with Crippen LogP contribution in [0.1, 0.15) is 88.4 Å². The topological polar surface area (TPSA) is 63.6 Å². The summed E-state index contributed by atoms with van der Waals surface area (Å²) in [6.07, 6.45) is 15.8. The van der Waals surface area contributed by atoms with E-state index in [-0.39, 0.29) is 30.0 Å². The zero-order valence-electron chi connectivity index (χ0n) is 22.1. The van der Waals surface area contributed by atoms with Crippen LogP contribution in [0.25, 0.3) is 0 Å². The fourth-order valence-corrected chi connectivity index (χ4v) is 4.97. The lowest BCUT2D eigenvalue weighted by Crippen LogP contribution is -2.18. The number of aliphatic hydroxyl groups excluding tert-OH is 1. The summed E-state index contributed by atoms with van der Waals surface area (Å²) in [6, 6.07) is 19.6. The van der Waals surface area contributed by atoms with Gasteiger partial charge in [0.2, 0.25) is 0 Å². The van der Waals surface area contributed by atoms with Gasteiger partial charge in [0, 0.05) is 24.7 Å². The molecule has 37 heavy (non-hydrogen) atoms. The van der Waals surface area contributed by atoms with Crippen LogP contribution in [0, 0.1) is 11.8 Å². The highest BCUT2D eigenvalue weighted by Crippen LogP contribution is 2.33. The Morgan fingerprint density at radius 1 is 0.919 bits per heavy atom. The van der Waals surface area contributed by atoms with Crippen LogP contribution in [0.15, 0.2) is 85.0 Å². The first-order valence-electron chi connectivity index (χ1n) is 13.9. The summed E-state index contributed by atoms with van der Waals surface area (Å²) < 4.78 is 5.88. The second-order valence-corrected chi connectivity index (χ2v) is 10.00. The molecule has 2 aromatic rings. The van der Waals surface area contributed by atoms with Crippen LogP contribution in [0.3, 0.4) is 0 Å². The van der Waals surface area contributed by atoms with Crippen molar-refractivity contribution in [3.05, 3.63) is 96.1 Å². The first-order valence-corrected chi connectivity index (χ1v) is 13.9. The van der Waals surface area contributed by atoms with Gasteiger partial charge in [-0.2, -0.15) is 0 Å². The summed E-state index contributed by atoms with van der Waals surface area (Å²) in [5.41, 5.74) is 1.91. The average molecular weight is 503 g/mol. The Bertz CT molecular complexity index is 956. The van der Waals surface area contributed by atoms with Crippen molar-refractivity contribution in [3.63, 3.8) is 0 Å². The number of carbonyl (C=O) groups is 2. The molecule has 1 aliphatic carbocycles. The van der Waals surface area contributed by atoms with Gasteiger partial charge in [-0.3, -0.25) is 9.59 Å². The lowest BCUT2D eigenvalue weighted by Gasteiger charge is -2.19. The molecule has 4 heteroatoms. The van der Waals surface area contributed by atoms with Crippen LogP contribution in [0.5, 0.6) is 0 Å². The summed E-state index contributed by atoms with van der Waals surface area (Å²) in [5, 5.41) is 10.4. The van der Waals surface area contributed by atoms with Crippen molar-refractivity contribution >= 4 is 11.8 Å². The number of rotatable bonds is 15. The SMILES string of the molecule is CCCCCC/C=C/[C@H]1C(=O)C[C@H](O)[C@@H]1C/C=C\CCCC(=O)OC(c1ccccc1)c1ccccc1.